The van der Waals surface area contributed by atoms with E-state index in [0.29, 0.717) is 5.92 Å². The second-order valence-corrected chi connectivity index (χ2v) is 14.6. The van der Waals surface area contributed by atoms with Crippen molar-refractivity contribution < 1.29 is 24.5 Å². The molecule has 1 radical (unpaired) electrons. The molecule has 1 aliphatic heterocycles. The minimum Gasteiger partial charge on any atom is -0.501 e. The Morgan fingerprint density at radius 2 is 1.67 bits per heavy atom. The van der Waals surface area contributed by atoms with Gasteiger partial charge in [0.15, 0.2) is 0 Å². The third kappa shape index (κ3) is 6.18. The van der Waals surface area contributed by atoms with Gasteiger partial charge in [-0.3, -0.25) is 4.98 Å². The summed E-state index contributed by atoms with van der Waals surface area (Å²) in [6, 6.07) is 37.5. The summed E-state index contributed by atoms with van der Waals surface area (Å²) in [6.07, 6.45) is 5.31. The Kier molecular flexibility index (Phi) is 9.06. The average Bonchev–Trinajstić information content (AvgIpc) is 3.64. The zero-order valence-electron chi connectivity index (χ0n) is 28.7. The van der Waals surface area contributed by atoms with Gasteiger partial charge >= 0.3 is 0 Å². The van der Waals surface area contributed by atoms with Crippen LogP contribution in [0.15, 0.2) is 107 Å². The number of rotatable bonds is 4. The second-order valence-electron chi connectivity index (χ2n) is 14.6. The number of nitrogens with zero attached hydrogens (tertiary/aromatic N) is 3. The Morgan fingerprint density at radius 1 is 0.875 bits per heavy atom. The van der Waals surface area contributed by atoms with Crippen molar-refractivity contribution in [3.63, 3.8) is 0 Å². The van der Waals surface area contributed by atoms with Crippen LogP contribution in [-0.2, 0) is 25.6 Å². The van der Waals surface area contributed by atoms with Gasteiger partial charge in [-0.25, -0.2) is 0 Å². The fourth-order valence-corrected chi connectivity index (χ4v) is 6.70. The molecule has 0 N–H and O–H groups in total. The van der Waals surface area contributed by atoms with Crippen molar-refractivity contribution in [2.45, 2.75) is 66.3 Å². The van der Waals surface area contributed by atoms with Crippen LogP contribution in [0.5, 0.6) is 0 Å². The van der Waals surface area contributed by atoms with Crippen molar-refractivity contribution in [1.82, 2.24) is 14.5 Å². The predicted octanol–water partition coefficient (Wildman–Crippen LogP) is 11.6. The topological polar surface area (TPSA) is 43.9 Å². The van der Waals surface area contributed by atoms with Crippen molar-refractivity contribution in [2.75, 3.05) is 0 Å². The van der Waals surface area contributed by atoms with Gasteiger partial charge in [0.2, 0.25) is 0 Å². The van der Waals surface area contributed by atoms with E-state index in [9.17, 15) is 0 Å². The summed E-state index contributed by atoms with van der Waals surface area (Å²) in [6.45, 7) is 15.9. The molecule has 3 aromatic heterocycles. The van der Waals surface area contributed by atoms with E-state index in [1.165, 1.54) is 22.2 Å². The molecule has 0 unspecified atom stereocenters. The van der Waals surface area contributed by atoms with E-state index in [0.717, 1.165) is 56.5 Å². The van der Waals surface area contributed by atoms with E-state index in [1.807, 2.05) is 42.6 Å². The molecule has 5 heteroatoms. The van der Waals surface area contributed by atoms with Crippen LogP contribution in [0.1, 0.15) is 71.9 Å². The van der Waals surface area contributed by atoms with E-state index in [1.54, 1.807) is 0 Å². The van der Waals surface area contributed by atoms with Gasteiger partial charge in [-0.05, 0) is 66.6 Å². The molecule has 0 aliphatic carbocycles. The van der Waals surface area contributed by atoms with Crippen molar-refractivity contribution in [2.24, 2.45) is 5.41 Å². The summed E-state index contributed by atoms with van der Waals surface area (Å²) in [5.41, 5.74) is 11.1. The second kappa shape index (κ2) is 13.0. The molecule has 0 saturated carbocycles. The molecule has 0 saturated heterocycles. The smallest absolute Gasteiger partial charge is 0.120 e. The maximum Gasteiger partial charge on any atom is 0.120 e. The zero-order valence-corrected chi connectivity index (χ0v) is 31.1. The van der Waals surface area contributed by atoms with Crippen molar-refractivity contribution in [3.05, 3.63) is 126 Å². The van der Waals surface area contributed by atoms with Crippen LogP contribution in [0.3, 0.4) is 0 Å². The SMILES string of the molecule is CC(C)(C)CC1=Cc2cccc3nc(-c4[c-]cccc4)n(c23)C1(C)C.CC(C)c1ccnc(-c2[c-]ccc3c2oc2ccccc23)c1.[Ir]. The molecule has 0 fully saturated rings. The molecule has 48 heavy (non-hydrogen) atoms. The minimum atomic E-state index is -0.116. The van der Waals surface area contributed by atoms with E-state index >= 15 is 0 Å². The summed E-state index contributed by atoms with van der Waals surface area (Å²) < 4.78 is 8.49. The summed E-state index contributed by atoms with van der Waals surface area (Å²) in [5, 5.41) is 2.24. The van der Waals surface area contributed by atoms with Crippen molar-refractivity contribution >= 4 is 39.0 Å². The van der Waals surface area contributed by atoms with Gasteiger partial charge in [0.05, 0.1) is 28.0 Å². The third-order valence-corrected chi connectivity index (χ3v) is 9.10. The molecule has 0 amide bonds. The van der Waals surface area contributed by atoms with Gasteiger partial charge in [-0.15, -0.1) is 54.1 Å². The van der Waals surface area contributed by atoms with Gasteiger partial charge in [0, 0.05) is 31.7 Å². The Morgan fingerprint density at radius 3 is 2.42 bits per heavy atom. The van der Waals surface area contributed by atoms with Gasteiger partial charge in [-0.1, -0.05) is 93.6 Å². The van der Waals surface area contributed by atoms with Gasteiger partial charge < -0.3 is 14.0 Å². The standard InChI is InChI=1S/C23H25N2.C20H16NO.Ir/c1-22(2,3)15-18-14-17-12-9-13-19-20(17)25(23(18,4)5)21(24-19)16-10-7-6-8-11-16;1-13(2)14-10-11-21-18(12-14)17-8-5-7-16-15-6-3-4-9-19(15)22-20(16)17;/h6-10,12-14H,15H2,1-5H3;3-7,9-13H,1-2H3;/q2*-1;. The normalized spacial score (nSPS) is 13.7. The monoisotopic (exact) mass is 808 g/mol. The molecule has 0 atom stereocenters. The molecule has 4 aromatic carbocycles. The summed E-state index contributed by atoms with van der Waals surface area (Å²) in [7, 11) is 0. The first-order chi connectivity index (χ1) is 22.5. The minimum absolute atomic E-state index is 0. The van der Waals surface area contributed by atoms with Crippen LogP contribution in [0, 0.1) is 17.5 Å². The van der Waals surface area contributed by atoms with E-state index in [-0.39, 0.29) is 31.1 Å². The summed E-state index contributed by atoms with van der Waals surface area (Å²) in [5.74, 6) is 1.48. The number of hydrogen-bond donors (Lipinski definition) is 0. The molecular weight excluding hydrogens is 767 g/mol. The van der Waals surface area contributed by atoms with Gasteiger partial charge in [0.1, 0.15) is 5.58 Å². The summed E-state index contributed by atoms with van der Waals surface area (Å²) in [4.78, 5) is 9.50. The van der Waals surface area contributed by atoms with Crippen LogP contribution < -0.4 is 0 Å². The summed E-state index contributed by atoms with van der Waals surface area (Å²) >= 11 is 0. The molecule has 7 aromatic rings. The fraction of sp³-hybridized carbons (Fsp3) is 0.256. The number of imidazole rings is 1. The maximum absolute atomic E-state index is 6.07. The molecular formula is C43H41IrN3O-2. The first-order valence-corrected chi connectivity index (χ1v) is 16.5. The Hall–Kier alpha value is -4.31. The van der Waals surface area contributed by atoms with E-state index < -0.39 is 0 Å². The van der Waals surface area contributed by atoms with Crippen LogP contribution in [0.25, 0.3) is 61.7 Å². The molecule has 4 nitrogen and oxygen atoms in total. The number of allylic oxidation sites excluding steroid dienone is 1. The Bertz CT molecular complexity index is 2270. The molecule has 1 aliphatic rings. The average molecular weight is 808 g/mol. The molecule has 0 bridgehead atoms. The van der Waals surface area contributed by atoms with Crippen molar-refractivity contribution in [3.8, 4) is 22.6 Å². The van der Waals surface area contributed by atoms with Crippen LogP contribution >= 0.6 is 0 Å². The number of furan rings is 1. The zero-order chi connectivity index (χ0) is 32.9. The largest absolute Gasteiger partial charge is 0.501 e. The number of hydrogen-bond acceptors (Lipinski definition) is 3. The molecule has 0 spiro atoms. The van der Waals surface area contributed by atoms with Gasteiger partial charge in [-0.2, -0.15) is 0 Å². The number of para-hydroxylation sites is 2. The predicted molar refractivity (Wildman–Crippen MR) is 195 cm³/mol. The Labute approximate surface area is 297 Å². The third-order valence-electron chi connectivity index (χ3n) is 9.10. The maximum atomic E-state index is 6.07. The Balaban J connectivity index is 0.000000165. The van der Waals surface area contributed by atoms with Crippen molar-refractivity contribution in [1.29, 1.82) is 0 Å². The van der Waals surface area contributed by atoms with E-state index in [4.69, 9.17) is 9.40 Å². The fourth-order valence-electron chi connectivity index (χ4n) is 6.70. The quantitative estimate of drug-likeness (QED) is 0.166. The number of pyridine rings is 1. The van der Waals surface area contributed by atoms with Crippen LogP contribution in [0.2, 0.25) is 0 Å². The molecule has 4 heterocycles. The molecule has 8 rings (SSSR count). The first kappa shape index (κ1) is 33.6. The first-order valence-electron chi connectivity index (χ1n) is 16.5. The van der Waals surface area contributed by atoms with Gasteiger partial charge in [0.25, 0.3) is 0 Å². The van der Waals surface area contributed by atoms with Crippen LogP contribution in [-0.4, -0.2) is 14.5 Å². The number of benzene rings is 4. The van der Waals surface area contributed by atoms with E-state index in [2.05, 4.69) is 131 Å². The number of fused-ring (bicyclic) bond motifs is 3. The molecule has 245 valence electrons. The van der Waals surface area contributed by atoms with Crippen LogP contribution in [0.4, 0.5) is 0 Å². The number of aromatic nitrogens is 3.